The fourth-order valence-corrected chi connectivity index (χ4v) is 3.40. The van der Waals surface area contributed by atoms with Crippen LogP contribution < -0.4 is 20.7 Å². The lowest BCUT2D eigenvalue weighted by Crippen LogP contribution is -2.28. The third-order valence-electron chi connectivity index (χ3n) is 4.55. The van der Waals surface area contributed by atoms with Crippen LogP contribution in [0.5, 0.6) is 5.75 Å². The molecule has 7 heteroatoms. The first-order valence-electron chi connectivity index (χ1n) is 9.80. The maximum Gasteiger partial charge on any atom is 0.259 e. The van der Waals surface area contributed by atoms with Gasteiger partial charge in [-0.25, -0.2) is 0 Å². The van der Waals surface area contributed by atoms with Gasteiger partial charge in [0.25, 0.3) is 11.8 Å². The Kier molecular flexibility index (Phi) is 7.67. The van der Waals surface area contributed by atoms with E-state index in [1.807, 2.05) is 55.5 Å². The molecule has 3 aromatic carbocycles. The number of ether oxygens (including phenoxy) is 1. The number of aryl methyl sites for hydroxylation is 1. The fraction of sp³-hybridized carbons (Fsp3) is 0.167. The number of carbonyl (C=O) groups is 2. The Morgan fingerprint density at radius 1 is 0.903 bits per heavy atom. The highest BCUT2D eigenvalue weighted by Crippen LogP contribution is 2.24. The van der Waals surface area contributed by atoms with E-state index in [2.05, 4.69) is 31.9 Å². The predicted octanol–water partition coefficient (Wildman–Crippen LogP) is 4.86. The quantitative estimate of drug-likeness (QED) is 0.401. The summed E-state index contributed by atoms with van der Waals surface area (Å²) in [6.45, 7) is 2.98. The number of hydrogen-bond donors (Lipinski definition) is 3. The van der Waals surface area contributed by atoms with Crippen molar-refractivity contribution in [2.24, 2.45) is 0 Å². The average Bonchev–Trinajstić information content (AvgIpc) is 2.76. The molecule has 2 amide bonds. The first kappa shape index (κ1) is 22.4. The molecule has 0 aliphatic carbocycles. The molecule has 160 valence electrons. The van der Waals surface area contributed by atoms with Crippen molar-refractivity contribution in [2.75, 3.05) is 30.8 Å². The second-order valence-corrected chi connectivity index (χ2v) is 7.85. The zero-order chi connectivity index (χ0) is 22.2. The van der Waals surface area contributed by atoms with E-state index in [-0.39, 0.29) is 11.8 Å². The summed E-state index contributed by atoms with van der Waals surface area (Å²) in [6.07, 6.45) is 0. The van der Waals surface area contributed by atoms with Gasteiger partial charge in [0.15, 0.2) is 0 Å². The summed E-state index contributed by atoms with van der Waals surface area (Å²) >= 11 is 3.38. The number of carbonyl (C=O) groups excluding carboxylic acids is 2. The van der Waals surface area contributed by atoms with Crippen molar-refractivity contribution in [2.45, 2.75) is 6.92 Å². The van der Waals surface area contributed by atoms with Gasteiger partial charge in [0.05, 0.1) is 12.7 Å². The van der Waals surface area contributed by atoms with E-state index in [1.165, 1.54) is 7.11 Å². The summed E-state index contributed by atoms with van der Waals surface area (Å²) in [7, 11) is 1.53. The minimum atomic E-state index is -0.263. The number of methoxy groups -OCH3 is 1. The van der Waals surface area contributed by atoms with Gasteiger partial charge in [-0.15, -0.1) is 0 Å². The van der Waals surface area contributed by atoms with Gasteiger partial charge in [0.1, 0.15) is 5.75 Å². The zero-order valence-electron chi connectivity index (χ0n) is 17.4. The zero-order valence-corrected chi connectivity index (χ0v) is 19.0. The van der Waals surface area contributed by atoms with Crippen LogP contribution in [0.3, 0.4) is 0 Å². The highest BCUT2D eigenvalue weighted by Gasteiger charge is 2.13. The molecule has 0 aliphatic rings. The molecule has 0 radical (unpaired) electrons. The lowest BCUT2D eigenvalue weighted by molar-refractivity contribution is 0.0954. The average molecular weight is 482 g/mol. The minimum Gasteiger partial charge on any atom is -0.496 e. The Morgan fingerprint density at radius 2 is 1.68 bits per heavy atom. The lowest BCUT2D eigenvalue weighted by Gasteiger charge is -2.12. The molecule has 0 saturated heterocycles. The molecule has 3 aromatic rings. The number of anilines is 2. The molecule has 0 atom stereocenters. The van der Waals surface area contributed by atoms with Gasteiger partial charge in [0.2, 0.25) is 0 Å². The predicted molar refractivity (Wildman–Crippen MR) is 127 cm³/mol. The minimum absolute atomic E-state index is 0.102. The summed E-state index contributed by atoms with van der Waals surface area (Å²) in [5.74, 6) is 0.134. The van der Waals surface area contributed by atoms with Crippen molar-refractivity contribution in [1.29, 1.82) is 0 Å². The van der Waals surface area contributed by atoms with E-state index in [0.29, 0.717) is 35.7 Å². The Balaban J connectivity index is 1.54. The molecule has 3 N–H and O–H groups in total. The molecule has 0 spiro atoms. The monoisotopic (exact) mass is 481 g/mol. The number of benzene rings is 3. The van der Waals surface area contributed by atoms with Crippen LogP contribution in [0.2, 0.25) is 0 Å². The number of halogens is 1. The number of hydrogen-bond acceptors (Lipinski definition) is 4. The molecule has 0 saturated carbocycles. The summed E-state index contributed by atoms with van der Waals surface area (Å²) in [4.78, 5) is 24.9. The molecule has 0 unspecified atom stereocenters. The van der Waals surface area contributed by atoms with Crippen LogP contribution in [0, 0.1) is 6.92 Å². The van der Waals surface area contributed by atoms with Crippen LogP contribution in [-0.4, -0.2) is 32.0 Å². The molecule has 3 rings (SSSR count). The van der Waals surface area contributed by atoms with E-state index in [1.54, 1.807) is 18.2 Å². The molecule has 0 aliphatic heterocycles. The van der Waals surface area contributed by atoms with Crippen LogP contribution in [0.4, 0.5) is 11.4 Å². The smallest absolute Gasteiger partial charge is 0.259 e. The van der Waals surface area contributed by atoms with Crippen molar-refractivity contribution in [3.8, 4) is 5.75 Å². The summed E-state index contributed by atoms with van der Waals surface area (Å²) in [5.41, 5.74) is 3.62. The second-order valence-electron chi connectivity index (χ2n) is 6.93. The second kappa shape index (κ2) is 10.6. The van der Waals surface area contributed by atoms with E-state index >= 15 is 0 Å². The van der Waals surface area contributed by atoms with Crippen molar-refractivity contribution >= 4 is 39.1 Å². The largest absolute Gasteiger partial charge is 0.496 e. The molecule has 0 fully saturated rings. The maximum absolute atomic E-state index is 12.7. The first-order chi connectivity index (χ1) is 15.0. The number of rotatable bonds is 8. The van der Waals surface area contributed by atoms with Crippen molar-refractivity contribution in [3.05, 3.63) is 87.9 Å². The summed E-state index contributed by atoms with van der Waals surface area (Å²) in [5, 5.41) is 9.03. The van der Waals surface area contributed by atoms with E-state index in [4.69, 9.17) is 4.74 Å². The van der Waals surface area contributed by atoms with E-state index in [9.17, 15) is 9.59 Å². The van der Waals surface area contributed by atoms with Crippen LogP contribution >= 0.6 is 15.9 Å². The third-order valence-corrected chi connectivity index (χ3v) is 5.04. The van der Waals surface area contributed by atoms with Crippen molar-refractivity contribution in [1.82, 2.24) is 5.32 Å². The van der Waals surface area contributed by atoms with Crippen LogP contribution in [-0.2, 0) is 0 Å². The number of nitrogens with one attached hydrogen (secondary N) is 3. The van der Waals surface area contributed by atoms with Gasteiger partial charge in [-0.05, 0) is 55.5 Å². The Hall–Kier alpha value is -3.32. The van der Waals surface area contributed by atoms with Gasteiger partial charge in [0, 0.05) is 34.5 Å². The Bertz CT molecular complexity index is 1090. The van der Waals surface area contributed by atoms with Gasteiger partial charge in [-0.1, -0.05) is 39.7 Å². The Morgan fingerprint density at radius 3 is 2.45 bits per heavy atom. The topological polar surface area (TPSA) is 79.5 Å². The molecule has 0 bridgehead atoms. The van der Waals surface area contributed by atoms with Crippen LogP contribution in [0.25, 0.3) is 0 Å². The molecular formula is C24H24BrN3O3. The SMILES string of the molecule is COc1ccc(Br)cc1C(=O)Nc1cccc(NCCNC(=O)c2cccc(C)c2)c1. The third kappa shape index (κ3) is 6.33. The molecule has 31 heavy (non-hydrogen) atoms. The van der Waals surface area contributed by atoms with Gasteiger partial charge < -0.3 is 20.7 Å². The Labute approximate surface area is 190 Å². The van der Waals surface area contributed by atoms with Gasteiger partial charge in [-0.3, -0.25) is 9.59 Å². The molecule has 6 nitrogen and oxygen atoms in total. The molecule has 0 heterocycles. The van der Waals surface area contributed by atoms with Gasteiger partial charge >= 0.3 is 0 Å². The number of amides is 2. The summed E-state index contributed by atoms with van der Waals surface area (Å²) < 4.78 is 6.07. The highest BCUT2D eigenvalue weighted by molar-refractivity contribution is 9.10. The first-order valence-corrected chi connectivity index (χ1v) is 10.6. The van der Waals surface area contributed by atoms with Gasteiger partial charge in [-0.2, -0.15) is 0 Å². The standard InChI is InChI=1S/C24H24BrN3O3/c1-16-5-3-6-17(13-16)23(29)27-12-11-26-19-7-4-8-20(15-19)28-24(30)21-14-18(25)9-10-22(21)31-2/h3-10,13-15,26H,11-12H2,1-2H3,(H,27,29)(H,28,30). The fourth-order valence-electron chi connectivity index (χ4n) is 3.03. The molecular weight excluding hydrogens is 458 g/mol. The summed E-state index contributed by atoms with van der Waals surface area (Å²) in [6, 6.07) is 20.1. The molecule has 0 aromatic heterocycles. The van der Waals surface area contributed by atoms with E-state index in [0.717, 1.165) is 15.7 Å². The normalized spacial score (nSPS) is 10.3. The van der Waals surface area contributed by atoms with Crippen molar-refractivity contribution in [3.63, 3.8) is 0 Å². The highest BCUT2D eigenvalue weighted by atomic mass is 79.9. The van der Waals surface area contributed by atoms with Crippen LogP contribution in [0.1, 0.15) is 26.3 Å². The van der Waals surface area contributed by atoms with Crippen LogP contribution in [0.15, 0.2) is 71.2 Å². The maximum atomic E-state index is 12.7. The lowest BCUT2D eigenvalue weighted by atomic mass is 10.1. The van der Waals surface area contributed by atoms with E-state index < -0.39 is 0 Å². The van der Waals surface area contributed by atoms with Crippen molar-refractivity contribution < 1.29 is 14.3 Å².